The summed E-state index contributed by atoms with van der Waals surface area (Å²) in [5.74, 6) is 1.63. The average Bonchev–Trinajstić information content (AvgIpc) is 2.55. The van der Waals surface area contributed by atoms with E-state index in [0.29, 0.717) is 5.92 Å². The predicted molar refractivity (Wildman–Crippen MR) is 80.6 cm³/mol. The van der Waals surface area contributed by atoms with Crippen LogP contribution in [-0.2, 0) is 4.74 Å². The molecule has 20 heavy (non-hydrogen) atoms. The summed E-state index contributed by atoms with van der Waals surface area (Å²) in [6.45, 7) is 6.90. The molecule has 0 aliphatic carbocycles. The van der Waals surface area contributed by atoms with E-state index in [0.717, 1.165) is 64.6 Å². The lowest BCUT2D eigenvalue weighted by Crippen LogP contribution is -2.43. The first-order valence-corrected chi connectivity index (χ1v) is 7.68. The number of nitrogens with one attached hydrogen (secondary N) is 1. The summed E-state index contributed by atoms with van der Waals surface area (Å²) in [4.78, 5) is 2.42. The second-order valence-electron chi connectivity index (χ2n) is 5.60. The van der Waals surface area contributed by atoms with E-state index in [1.807, 2.05) is 0 Å². The minimum Gasteiger partial charge on any atom is -0.493 e. The van der Waals surface area contributed by atoms with Crippen LogP contribution in [0.2, 0.25) is 0 Å². The molecule has 0 unspecified atom stereocenters. The van der Waals surface area contributed by atoms with E-state index >= 15 is 0 Å². The third-order valence-electron chi connectivity index (χ3n) is 4.15. The number of hydrogen-bond acceptors (Lipinski definition) is 4. The molecule has 1 aromatic rings. The van der Waals surface area contributed by atoms with Crippen molar-refractivity contribution in [2.45, 2.75) is 12.8 Å². The quantitative estimate of drug-likeness (QED) is 0.911. The maximum absolute atomic E-state index is 5.90. The van der Waals surface area contributed by atoms with Crippen LogP contribution in [0.25, 0.3) is 0 Å². The molecule has 0 spiro atoms. The van der Waals surface area contributed by atoms with Crippen molar-refractivity contribution in [2.24, 2.45) is 5.92 Å². The van der Waals surface area contributed by atoms with Gasteiger partial charge in [-0.2, -0.15) is 0 Å². The van der Waals surface area contributed by atoms with Gasteiger partial charge in [0.05, 0.1) is 6.61 Å². The van der Waals surface area contributed by atoms with E-state index in [4.69, 9.17) is 9.47 Å². The van der Waals surface area contributed by atoms with Gasteiger partial charge in [0.2, 0.25) is 0 Å². The number of benzene rings is 1. The van der Waals surface area contributed by atoms with Crippen molar-refractivity contribution < 1.29 is 9.47 Å². The van der Waals surface area contributed by atoms with Crippen LogP contribution in [0.4, 0.5) is 5.69 Å². The van der Waals surface area contributed by atoms with Crippen LogP contribution < -0.4 is 15.0 Å². The minimum absolute atomic E-state index is 0.650. The van der Waals surface area contributed by atoms with Gasteiger partial charge < -0.3 is 19.7 Å². The Hall–Kier alpha value is -1.26. The standard InChI is InChI=1S/C16H24N2O2/c1-3-16(20-13-14-5-11-19-12-6-14)4-2-15(1)18-9-7-17-8-10-18/h1-4,14,17H,5-13H2. The maximum Gasteiger partial charge on any atom is 0.119 e. The fourth-order valence-corrected chi connectivity index (χ4v) is 2.80. The SMILES string of the molecule is c1cc(N2CCNCC2)ccc1OCC1CCOCC1. The van der Waals surface area contributed by atoms with Gasteiger partial charge in [-0.15, -0.1) is 0 Å². The molecule has 0 bridgehead atoms. The molecule has 2 saturated heterocycles. The Kier molecular flexibility index (Phi) is 4.77. The first-order chi connectivity index (χ1) is 9.92. The average molecular weight is 276 g/mol. The Morgan fingerprint density at radius 2 is 1.80 bits per heavy atom. The number of nitrogens with zero attached hydrogens (tertiary/aromatic N) is 1. The monoisotopic (exact) mass is 276 g/mol. The van der Waals surface area contributed by atoms with Gasteiger partial charge in [0, 0.05) is 45.1 Å². The van der Waals surface area contributed by atoms with Crippen molar-refractivity contribution in [2.75, 3.05) is 50.9 Å². The lowest BCUT2D eigenvalue weighted by molar-refractivity contribution is 0.0497. The molecule has 2 fully saturated rings. The molecule has 0 amide bonds. The summed E-state index contributed by atoms with van der Waals surface area (Å²) in [6.07, 6.45) is 2.25. The summed E-state index contributed by atoms with van der Waals surface area (Å²) in [5.41, 5.74) is 1.30. The molecule has 2 aliphatic rings. The van der Waals surface area contributed by atoms with Crippen LogP contribution in [0.15, 0.2) is 24.3 Å². The molecule has 2 aliphatic heterocycles. The summed E-state index contributed by atoms with van der Waals surface area (Å²) < 4.78 is 11.3. The Labute approximate surface area is 121 Å². The smallest absolute Gasteiger partial charge is 0.119 e. The Balaban J connectivity index is 1.50. The maximum atomic E-state index is 5.90. The van der Waals surface area contributed by atoms with Gasteiger partial charge in [-0.1, -0.05) is 0 Å². The zero-order chi connectivity index (χ0) is 13.6. The van der Waals surface area contributed by atoms with Crippen LogP contribution in [-0.4, -0.2) is 46.0 Å². The Morgan fingerprint density at radius 3 is 2.50 bits per heavy atom. The number of rotatable bonds is 4. The largest absolute Gasteiger partial charge is 0.493 e. The molecule has 0 aromatic heterocycles. The van der Waals surface area contributed by atoms with E-state index < -0.39 is 0 Å². The van der Waals surface area contributed by atoms with Crippen molar-refractivity contribution in [3.63, 3.8) is 0 Å². The third kappa shape index (κ3) is 3.64. The normalized spacial score (nSPS) is 20.9. The summed E-state index contributed by atoms with van der Waals surface area (Å²) in [6, 6.07) is 8.53. The molecule has 1 N–H and O–H groups in total. The van der Waals surface area contributed by atoms with Gasteiger partial charge in [0.25, 0.3) is 0 Å². The number of ether oxygens (including phenoxy) is 2. The van der Waals surface area contributed by atoms with Gasteiger partial charge in [0.1, 0.15) is 5.75 Å². The summed E-state index contributed by atoms with van der Waals surface area (Å²) in [5, 5.41) is 3.38. The number of piperazine rings is 1. The van der Waals surface area contributed by atoms with Crippen molar-refractivity contribution in [1.29, 1.82) is 0 Å². The van der Waals surface area contributed by atoms with E-state index in [1.54, 1.807) is 0 Å². The molecule has 0 atom stereocenters. The number of hydrogen-bond donors (Lipinski definition) is 1. The topological polar surface area (TPSA) is 33.7 Å². The van der Waals surface area contributed by atoms with E-state index in [-0.39, 0.29) is 0 Å². The highest BCUT2D eigenvalue weighted by Gasteiger charge is 2.14. The van der Waals surface area contributed by atoms with Crippen LogP contribution in [0.5, 0.6) is 5.75 Å². The zero-order valence-electron chi connectivity index (χ0n) is 12.0. The van der Waals surface area contributed by atoms with E-state index in [2.05, 4.69) is 34.5 Å². The second-order valence-corrected chi connectivity index (χ2v) is 5.60. The molecule has 3 rings (SSSR count). The van der Waals surface area contributed by atoms with Crippen LogP contribution in [0.1, 0.15) is 12.8 Å². The van der Waals surface area contributed by atoms with Gasteiger partial charge in [-0.25, -0.2) is 0 Å². The molecule has 0 radical (unpaired) electrons. The van der Waals surface area contributed by atoms with Crippen molar-refractivity contribution in [3.05, 3.63) is 24.3 Å². The van der Waals surface area contributed by atoms with E-state index in [9.17, 15) is 0 Å². The summed E-state index contributed by atoms with van der Waals surface area (Å²) in [7, 11) is 0. The molecule has 4 nitrogen and oxygen atoms in total. The first-order valence-electron chi connectivity index (χ1n) is 7.68. The fourth-order valence-electron chi connectivity index (χ4n) is 2.80. The van der Waals surface area contributed by atoms with Crippen LogP contribution in [0, 0.1) is 5.92 Å². The predicted octanol–water partition coefficient (Wildman–Crippen LogP) is 1.90. The van der Waals surface area contributed by atoms with Crippen LogP contribution >= 0.6 is 0 Å². The summed E-state index contributed by atoms with van der Waals surface area (Å²) >= 11 is 0. The number of anilines is 1. The third-order valence-corrected chi connectivity index (χ3v) is 4.15. The molecule has 0 saturated carbocycles. The van der Waals surface area contributed by atoms with Gasteiger partial charge >= 0.3 is 0 Å². The highest BCUT2D eigenvalue weighted by atomic mass is 16.5. The van der Waals surface area contributed by atoms with Crippen molar-refractivity contribution in [3.8, 4) is 5.75 Å². The first kappa shape index (κ1) is 13.7. The molecule has 2 heterocycles. The molecule has 1 aromatic carbocycles. The lowest BCUT2D eigenvalue weighted by Gasteiger charge is -2.29. The Bertz CT molecular complexity index is 395. The molecule has 110 valence electrons. The molecular formula is C16H24N2O2. The van der Waals surface area contributed by atoms with Gasteiger partial charge in [-0.05, 0) is 43.0 Å². The van der Waals surface area contributed by atoms with E-state index in [1.165, 1.54) is 5.69 Å². The zero-order valence-corrected chi connectivity index (χ0v) is 12.0. The van der Waals surface area contributed by atoms with Gasteiger partial charge in [-0.3, -0.25) is 0 Å². The highest BCUT2D eigenvalue weighted by molar-refractivity contribution is 5.49. The lowest BCUT2D eigenvalue weighted by atomic mass is 10.0. The second kappa shape index (κ2) is 6.95. The highest BCUT2D eigenvalue weighted by Crippen LogP contribution is 2.22. The Morgan fingerprint density at radius 1 is 1.10 bits per heavy atom. The van der Waals surface area contributed by atoms with Crippen molar-refractivity contribution in [1.82, 2.24) is 5.32 Å². The molecule has 4 heteroatoms. The fraction of sp³-hybridized carbons (Fsp3) is 0.625. The molecular weight excluding hydrogens is 252 g/mol. The van der Waals surface area contributed by atoms with Gasteiger partial charge in [0.15, 0.2) is 0 Å². The van der Waals surface area contributed by atoms with Crippen molar-refractivity contribution >= 4 is 5.69 Å². The van der Waals surface area contributed by atoms with Crippen LogP contribution in [0.3, 0.4) is 0 Å². The minimum atomic E-state index is 0.650.